The maximum absolute atomic E-state index is 13.3. The van der Waals surface area contributed by atoms with Gasteiger partial charge in [-0.2, -0.15) is 4.31 Å². The summed E-state index contributed by atoms with van der Waals surface area (Å²) in [5.41, 5.74) is 7.67. The minimum atomic E-state index is -3.65. The van der Waals surface area contributed by atoms with Crippen molar-refractivity contribution >= 4 is 21.6 Å². The molecule has 0 aliphatic carbocycles. The van der Waals surface area contributed by atoms with Gasteiger partial charge in [0.2, 0.25) is 15.9 Å². The van der Waals surface area contributed by atoms with Gasteiger partial charge in [0, 0.05) is 24.8 Å². The van der Waals surface area contributed by atoms with Gasteiger partial charge in [-0.3, -0.25) is 4.79 Å². The molecule has 4 rings (SSSR count). The normalized spacial score (nSPS) is 22.2. The van der Waals surface area contributed by atoms with Gasteiger partial charge in [0.25, 0.3) is 0 Å². The second-order valence-electron chi connectivity index (χ2n) is 7.86. The summed E-state index contributed by atoms with van der Waals surface area (Å²) in [5, 5.41) is 2.89. The van der Waals surface area contributed by atoms with E-state index < -0.39 is 16.1 Å². The van der Waals surface area contributed by atoms with Crippen LogP contribution in [0.1, 0.15) is 37.3 Å². The summed E-state index contributed by atoms with van der Waals surface area (Å²) in [4.78, 5) is 12.8. The Hall–Kier alpha value is -2.46. The molecule has 166 valence electrons. The van der Waals surface area contributed by atoms with Crippen LogP contribution in [0.25, 0.3) is 0 Å². The zero-order valence-corrected chi connectivity index (χ0v) is 18.3. The van der Waals surface area contributed by atoms with E-state index in [0.717, 1.165) is 30.5 Å². The number of piperidine rings is 1. The van der Waals surface area contributed by atoms with Gasteiger partial charge in [0.1, 0.15) is 16.7 Å². The van der Waals surface area contributed by atoms with Crippen LogP contribution in [0.5, 0.6) is 5.75 Å². The fourth-order valence-electron chi connectivity index (χ4n) is 4.05. The third-order valence-electron chi connectivity index (χ3n) is 5.78. The Labute approximate surface area is 183 Å². The van der Waals surface area contributed by atoms with Crippen LogP contribution in [0.3, 0.4) is 0 Å². The standard InChI is InChI=1S/C22H28N4O4S/c1-30-20-11-10-16(14-21(20)31(28,29)26-12-6-3-7-13-26)18-15-19(25-24-18)22(27)23-17-8-4-2-5-9-17/h2,4-5,8-11,14,18-19,24-25H,3,6-7,12-13,15H2,1H3,(H,23,27). The zero-order chi connectivity index (χ0) is 21.8. The molecule has 2 aliphatic heterocycles. The van der Waals surface area contributed by atoms with E-state index in [1.54, 1.807) is 12.1 Å². The molecule has 2 heterocycles. The van der Waals surface area contributed by atoms with E-state index in [2.05, 4.69) is 16.2 Å². The molecule has 0 spiro atoms. The van der Waals surface area contributed by atoms with Crippen molar-refractivity contribution in [3.63, 3.8) is 0 Å². The van der Waals surface area contributed by atoms with Gasteiger partial charge in [0.15, 0.2) is 0 Å². The Balaban J connectivity index is 1.51. The monoisotopic (exact) mass is 444 g/mol. The number of rotatable bonds is 6. The summed E-state index contributed by atoms with van der Waals surface area (Å²) in [7, 11) is -2.17. The minimum Gasteiger partial charge on any atom is -0.495 e. The second-order valence-corrected chi connectivity index (χ2v) is 9.77. The fraction of sp³-hybridized carbons (Fsp3) is 0.409. The van der Waals surface area contributed by atoms with Crippen molar-refractivity contribution in [3.05, 3.63) is 54.1 Å². The lowest BCUT2D eigenvalue weighted by Crippen LogP contribution is -2.39. The number of hydrogen-bond acceptors (Lipinski definition) is 6. The van der Waals surface area contributed by atoms with Gasteiger partial charge < -0.3 is 10.1 Å². The number of nitrogens with one attached hydrogen (secondary N) is 3. The van der Waals surface area contributed by atoms with Crippen molar-refractivity contribution in [3.8, 4) is 5.75 Å². The van der Waals surface area contributed by atoms with Crippen LogP contribution in [0, 0.1) is 0 Å². The number of ether oxygens (including phenoxy) is 1. The summed E-state index contributed by atoms with van der Waals surface area (Å²) in [6.07, 6.45) is 3.28. The number of para-hydroxylation sites is 1. The maximum atomic E-state index is 13.3. The lowest BCUT2D eigenvalue weighted by molar-refractivity contribution is -0.117. The van der Waals surface area contributed by atoms with Crippen LogP contribution in [-0.2, 0) is 14.8 Å². The Morgan fingerprint density at radius 3 is 2.52 bits per heavy atom. The molecule has 1 amide bonds. The number of amides is 1. The lowest BCUT2D eigenvalue weighted by atomic mass is 10.0. The number of hydrazine groups is 1. The molecule has 2 fully saturated rings. The van der Waals surface area contributed by atoms with E-state index in [0.29, 0.717) is 25.3 Å². The highest BCUT2D eigenvalue weighted by atomic mass is 32.2. The molecular formula is C22H28N4O4S. The smallest absolute Gasteiger partial charge is 0.246 e. The van der Waals surface area contributed by atoms with Crippen LogP contribution >= 0.6 is 0 Å². The second kappa shape index (κ2) is 9.35. The zero-order valence-electron chi connectivity index (χ0n) is 17.5. The maximum Gasteiger partial charge on any atom is 0.246 e. The summed E-state index contributed by atoms with van der Waals surface area (Å²) >= 11 is 0. The van der Waals surface area contributed by atoms with Gasteiger partial charge in [0.05, 0.1) is 7.11 Å². The topological polar surface area (TPSA) is 99.8 Å². The molecule has 2 atom stereocenters. The SMILES string of the molecule is COc1ccc(C2CC(C(=O)Nc3ccccc3)NN2)cc1S(=O)(=O)N1CCCCC1. The van der Waals surface area contributed by atoms with Gasteiger partial charge in [-0.1, -0.05) is 30.7 Å². The van der Waals surface area contributed by atoms with E-state index in [-0.39, 0.29) is 16.8 Å². The first-order valence-electron chi connectivity index (χ1n) is 10.5. The van der Waals surface area contributed by atoms with E-state index in [4.69, 9.17) is 4.74 Å². The van der Waals surface area contributed by atoms with Gasteiger partial charge in [-0.25, -0.2) is 19.3 Å². The summed E-state index contributed by atoms with van der Waals surface area (Å²) in [6.45, 7) is 1.06. The highest BCUT2D eigenvalue weighted by molar-refractivity contribution is 7.89. The number of hydrogen-bond donors (Lipinski definition) is 3. The number of anilines is 1. The number of benzene rings is 2. The molecule has 2 aromatic rings. The fourth-order valence-corrected chi connectivity index (χ4v) is 5.76. The minimum absolute atomic E-state index is 0.143. The van der Waals surface area contributed by atoms with Crippen LogP contribution in [0.15, 0.2) is 53.4 Å². The number of methoxy groups -OCH3 is 1. The van der Waals surface area contributed by atoms with Crippen molar-refractivity contribution in [1.82, 2.24) is 15.2 Å². The molecule has 31 heavy (non-hydrogen) atoms. The van der Waals surface area contributed by atoms with E-state index >= 15 is 0 Å². The first-order valence-corrected chi connectivity index (χ1v) is 12.0. The molecule has 2 aliphatic rings. The molecule has 0 saturated carbocycles. The van der Waals surface area contributed by atoms with Gasteiger partial charge >= 0.3 is 0 Å². The lowest BCUT2D eigenvalue weighted by Gasteiger charge is -2.27. The Morgan fingerprint density at radius 2 is 1.81 bits per heavy atom. The van der Waals surface area contributed by atoms with E-state index in [9.17, 15) is 13.2 Å². The molecule has 0 bridgehead atoms. The predicted molar refractivity (Wildman–Crippen MR) is 118 cm³/mol. The summed E-state index contributed by atoms with van der Waals surface area (Å²) in [6, 6.07) is 13.8. The third-order valence-corrected chi connectivity index (χ3v) is 7.70. The van der Waals surface area contributed by atoms with Gasteiger partial charge in [-0.05, 0) is 49.1 Å². The van der Waals surface area contributed by atoms with Crippen LogP contribution in [0.4, 0.5) is 5.69 Å². The van der Waals surface area contributed by atoms with Crippen molar-refractivity contribution in [2.24, 2.45) is 0 Å². The predicted octanol–water partition coefficient (Wildman–Crippen LogP) is 2.42. The van der Waals surface area contributed by atoms with Crippen molar-refractivity contribution in [2.75, 3.05) is 25.5 Å². The molecule has 0 aromatic heterocycles. The van der Waals surface area contributed by atoms with Crippen molar-refractivity contribution in [1.29, 1.82) is 0 Å². The highest BCUT2D eigenvalue weighted by Gasteiger charge is 2.33. The third kappa shape index (κ3) is 4.74. The number of sulfonamides is 1. The first kappa shape index (κ1) is 21.8. The number of carbonyl (C=O) groups is 1. The van der Waals surface area contributed by atoms with E-state index in [1.807, 2.05) is 36.4 Å². The van der Waals surface area contributed by atoms with Crippen LogP contribution in [-0.4, -0.2) is 44.9 Å². The summed E-state index contributed by atoms with van der Waals surface area (Å²) < 4.78 is 33.4. The quantitative estimate of drug-likeness (QED) is 0.633. The average molecular weight is 445 g/mol. The number of carbonyl (C=O) groups excluding carboxylic acids is 1. The first-order chi connectivity index (χ1) is 15.0. The van der Waals surface area contributed by atoms with Crippen molar-refractivity contribution in [2.45, 2.75) is 42.7 Å². The van der Waals surface area contributed by atoms with Crippen LogP contribution < -0.4 is 20.9 Å². The molecule has 2 unspecified atom stereocenters. The number of nitrogens with zero attached hydrogens (tertiary/aromatic N) is 1. The van der Waals surface area contributed by atoms with Gasteiger partial charge in [-0.15, -0.1) is 0 Å². The average Bonchev–Trinajstić information content (AvgIpc) is 3.30. The van der Waals surface area contributed by atoms with Crippen LogP contribution in [0.2, 0.25) is 0 Å². The molecule has 2 aromatic carbocycles. The molecule has 8 nitrogen and oxygen atoms in total. The summed E-state index contributed by atoms with van der Waals surface area (Å²) in [5.74, 6) is 0.189. The molecule has 3 N–H and O–H groups in total. The van der Waals surface area contributed by atoms with Crippen molar-refractivity contribution < 1.29 is 17.9 Å². The van der Waals surface area contributed by atoms with E-state index in [1.165, 1.54) is 11.4 Å². The molecule has 9 heteroatoms. The Bertz CT molecular complexity index is 1020. The Morgan fingerprint density at radius 1 is 1.06 bits per heavy atom. The molecule has 2 saturated heterocycles. The molecular weight excluding hydrogens is 416 g/mol. The highest BCUT2D eigenvalue weighted by Crippen LogP contribution is 2.33. The Kier molecular flexibility index (Phi) is 6.57. The molecule has 0 radical (unpaired) electrons. The largest absolute Gasteiger partial charge is 0.495 e.